The second-order valence-corrected chi connectivity index (χ2v) is 5.48. The van der Waals surface area contributed by atoms with Crippen LogP contribution in [-0.4, -0.2) is 30.7 Å². The zero-order valence-electron chi connectivity index (χ0n) is 12.1. The lowest BCUT2D eigenvalue weighted by Crippen LogP contribution is -2.38. The van der Waals surface area contributed by atoms with Gasteiger partial charge in [0.2, 0.25) is 0 Å². The number of aliphatic imine (C=N–C) groups is 1. The van der Waals surface area contributed by atoms with Gasteiger partial charge in [-0.25, -0.2) is 4.98 Å². The topological polar surface area (TPSA) is 49.3 Å². The van der Waals surface area contributed by atoms with Crippen molar-refractivity contribution in [2.75, 3.05) is 13.6 Å². The molecule has 0 saturated carbocycles. The molecule has 0 saturated heterocycles. The molecule has 9 heteroatoms. The standard InChI is InChI=1S/C12H19F3N4S.HI/c1-8(2)9-7-20-10(19-9)6-18-11(16-3)17-5-4-12(13,14)15;/h7-8H,4-6H2,1-3H3,(H2,16,17,18);1H. The van der Waals surface area contributed by atoms with E-state index >= 15 is 0 Å². The van der Waals surface area contributed by atoms with E-state index in [1.165, 1.54) is 18.4 Å². The quantitative estimate of drug-likeness (QED) is 0.422. The minimum Gasteiger partial charge on any atom is -0.356 e. The van der Waals surface area contributed by atoms with Gasteiger partial charge in [0.05, 0.1) is 18.7 Å². The van der Waals surface area contributed by atoms with Crippen LogP contribution in [0.5, 0.6) is 0 Å². The first kappa shape index (κ1) is 20.4. The van der Waals surface area contributed by atoms with Gasteiger partial charge >= 0.3 is 6.18 Å². The molecule has 2 N–H and O–H groups in total. The van der Waals surface area contributed by atoms with Gasteiger partial charge in [0.15, 0.2) is 5.96 Å². The van der Waals surface area contributed by atoms with E-state index < -0.39 is 12.6 Å². The van der Waals surface area contributed by atoms with Gasteiger partial charge < -0.3 is 10.6 Å². The highest BCUT2D eigenvalue weighted by Crippen LogP contribution is 2.18. The number of guanidine groups is 1. The summed E-state index contributed by atoms with van der Waals surface area (Å²) in [5.41, 5.74) is 1.02. The molecule has 0 spiro atoms. The van der Waals surface area contributed by atoms with E-state index in [0.29, 0.717) is 18.4 Å². The van der Waals surface area contributed by atoms with Gasteiger partial charge in [-0.2, -0.15) is 13.2 Å². The third kappa shape index (κ3) is 8.44. The Morgan fingerprint density at radius 3 is 2.52 bits per heavy atom. The fraction of sp³-hybridized carbons (Fsp3) is 0.667. The molecule has 0 unspecified atom stereocenters. The van der Waals surface area contributed by atoms with Crippen LogP contribution in [0, 0.1) is 0 Å². The number of nitrogens with one attached hydrogen (secondary N) is 2. The molecule has 122 valence electrons. The van der Waals surface area contributed by atoms with Crippen LogP contribution in [0.25, 0.3) is 0 Å². The first-order valence-electron chi connectivity index (χ1n) is 6.27. The lowest BCUT2D eigenvalue weighted by atomic mass is 10.2. The molecule has 0 aromatic carbocycles. The number of aromatic nitrogens is 1. The predicted octanol–water partition coefficient (Wildman–Crippen LogP) is 3.50. The van der Waals surface area contributed by atoms with Crippen molar-refractivity contribution in [1.82, 2.24) is 15.6 Å². The number of thiazole rings is 1. The molecule has 1 aromatic rings. The third-order valence-electron chi connectivity index (χ3n) is 2.49. The van der Waals surface area contributed by atoms with E-state index in [-0.39, 0.29) is 30.5 Å². The van der Waals surface area contributed by atoms with Gasteiger partial charge in [0, 0.05) is 19.0 Å². The summed E-state index contributed by atoms with van der Waals surface area (Å²) in [5.74, 6) is 0.708. The van der Waals surface area contributed by atoms with E-state index in [0.717, 1.165) is 10.7 Å². The van der Waals surface area contributed by atoms with E-state index in [2.05, 4.69) is 34.5 Å². The van der Waals surface area contributed by atoms with Crippen LogP contribution >= 0.6 is 35.3 Å². The van der Waals surface area contributed by atoms with E-state index in [1.807, 2.05) is 5.38 Å². The molecule has 0 aliphatic heterocycles. The first-order chi connectivity index (χ1) is 9.31. The van der Waals surface area contributed by atoms with Gasteiger partial charge in [-0.15, -0.1) is 35.3 Å². The number of hydrogen-bond donors (Lipinski definition) is 2. The number of halogens is 4. The van der Waals surface area contributed by atoms with Crippen molar-refractivity contribution in [2.24, 2.45) is 4.99 Å². The largest absolute Gasteiger partial charge is 0.390 e. The molecule has 1 aromatic heterocycles. The van der Waals surface area contributed by atoms with Crippen molar-refractivity contribution in [3.8, 4) is 0 Å². The molecule has 0 amide bonds. The normalized spacial score (nSPS) is 12.2. The fourth-order valence-corrected chi connectivity index (χ4v) is 2.27. The van der Waals surface area contributed by atoms with Crippen molar-refractivity contribution < 1.29 is 13.2 Å². The Labute approximate surface area is 143 Å². The lowest BCUT2D eigenvalue weighted by Gasteiger charge is -2.12. The summed E-state index contributed by atoms with van der Waals surface area (Å²) in [5, 5.41) is 8.43. The molecule has 21 heavy (non-hydrogen) atoms. The second kappa shape index (κ2) is 9.44. The summed E-state index contributed by atoms with van der Waals surface area (Å²) in [6.07, 6.45) is -5.05. The Kier molecular flexibility index (Phi) is 9.18. The van der Waals surface area contributed by atoms with Crippen molar-refractivity contribution in [3.63, 3.8) is 0 Å². The molecule has 0 bridgehead atoms. The Bertz CT molecular complexity index is 446. The molecular formula is C12H20F3IN4S. The molecule has 0 aliphatic carbocycles. The number of nitrogens with zero attached hydrogens (tertiary/aromatic N) is 2. The summed E-state index contributed by atoms with van der Waals surface area (Å²) >= 11 is 1.52. The molecule has 4 nitrogen and oxygen atoms in total. The van der Waals surface area contributed by atoms with Gasteiger partial charge in [0.25, 0.3) is 0 Å². The first-order valence-corrected chi connectivity index (χ1v) is 7.15. The summed E-state index contributed by atoms with van der Waals surface area (Å²) in [6, 6.07) is 0. The average Bonchev–Trinajstić information content (AvgIpc) is 2.81. The fourth-order valence-electron chi connectivity index (χ4n) is 1.37. The SMILES string of the molecule is CN=C(NCCC(F)(F)F)NCc1nc(C(C)C)cs1.I. The Balaban J connectivity index is 0.00000400. The highest BCUT2D eigenvalue weighted by molar-refractivity contribution is 14.0. The summed E-state index contributed by atoms with van der Waals surface area (Å²) in [4.78, 5) is 8.30. The molecular weight excluding hydrogens is 416 g/mol. The van der Waals surface area contributed by atoms with E-state index in [1.54, 1.807) is 0 Å². The van der Waals surface area contributed by atoms with Gasteiger partial charge in [-0.3, -0.25) is 4.99 Å². The highest BCUT2D eigenvalue weighted by Gasteiger charge is 2.26. The second-order valence-electron chi connectivity index (χ2n) is 4.54. The third-order valence-corrected chi connectivity index (χ3v) is 3.36. The molecule has 1 rings (SSSR count). The number of rotatable bonds is 5. The van der Waals surface area contributed by atoms with Crippen molar-refractivity contribution in [3.05, 3.63) is 16.1 Å². The number of hydrogen-bond acceptors (Lipinski definition) is 3. The maximum absolute atomic E-state index is 12.0. The van der Waals surface area contributed by atoms with Crippen molar-refractivity contribution in [1.29, 1.82) is 0 Å². The van der Waals surface area contributed by atoms with Crippen LogP contribution in [-0.2, 0) is 6.54 Å². The minimum absolute atomic E-state index is 0. The Morgan fingerprint density at radius 2 is 2.05 bits per heavy atom. The van der Waals surface area contributed by atoms with Gasteiger partial charge in [-0.05, 0) is 5.92 Å². The predicted molar refractivity (Wildman–Crippen MR) is 90.5 cm³/mol. The van der Waals surface area contributed by atoms with E-state index in [4.69, 9.17) is 0 Å². The van der Waals surface area contributed by atoms with Crippen LogP contribution in [0.4, 0.5) is 13.2 Å². The van der Waals surface area contributed by atoms with Crippen LogP contribution < -0.4 is 10.6 Å². The summed E-state index contributed by atoms with van der Waals surface area (Å²) < 4.78 is 36.1. The molecule has 0 atom stereocenters. The zero-order chi connectivity index (χ0) is 15.2. The van der Waals surface area contributed by atoms with Gasteiger partial charge in [-0.1, -0.05) is 13.8 Å². The molecule has 0 fully saturated rings. The monoisotopic (exact) mass is 436 g/mol. The number of alkyl halides is 3. The summed E-state index contributed by atoms with van der Waals surface area (Å²) in [7, 11) is 1.52. The van der Waals surface area contributed by atoms with Crippen LogP contribution in [0.1, 0.15) is 36.9 Å². The Hall–Kier alpha value is -0.580. The highest BCUT2D eigenvalue weighted by atomic mass is 127. The summed E-state index contributed by atoms with van der Waals surface area (Å²) in [6.45, 7) is 4.37. The molecule has 0 radical (unpaired) electrons. The van der Waals surface area contributed by atoms with Crippen molar-refractivity contribution >= 4 is 41.3 Å². The van der Waals surface area contributed by atoms with Crippen molar-refractivity contribution in [2.45, 2.75) is 38.9 Å². The van der Waals surface area contributed by atoms with Gasteiger partial charge in [0.1, 0.15) is 5.01 Å². The van der Waals surface area contributed by atoms with Crippen LogP contribution in [0.15, 0.2) is 10.4 Å². The molecule has 1 heterocycles. The molecule has 0 aliphatic rings. The maximum Gasteiger partial charge on any atom is 0.390 e. The van der Waals surface area contributed by atoms with Crippen LogP contribution in [0.3, 0.4) is 0 Å². The average molecular weight is 436 g/mol. The zero-order valence-corrected chi connectivity index (χ0v) is 15.3. The maximum atomic E-state index is 12.0. The lowest BCUT2D eigenvalue weighted by molar-refractivity contribution is -0.132. The minimum atomic E-state index is -4.16. The smallest absolute Gasteiger partial charge is 0.356 e. The van der Waals surface area contributed by atoms with Crippen LogP contribution in [0.2, 0.25) is 0 Å². The van der Waals surface area contributed by atoms with E-state index in [9.17, 15) is 13.2 Å². The Morgan fingerprint density at radius 1 is 1.38 bits per heavy atom.